The van der Waals surface area contributed by atoms with Gasteiger partial charge in [-0.05, 0) is 19.1 Å². The van der Waals surface area contributed by atoms with Gasteiger partial charge in [-0.3, -0.25) is 0 Å². The van der Waals surface area contributed by atoms with Gasteiger partial charge in [-0.1, -0.05) is 30.4 Å². The molecule has 0 N–H and O–H groups in total. The van der Waals surface area contributed by atoms with E-state index in [2.05, 4.69) is 6.58 Å². The van der Waals surface area contributed by atoms with E-state index in [0.717, 1.165) is 11.3 Å². The highest BCUT2D eigenvalue weighted by atomic mass is 16.5. The molecule has 0 spiro atoms. The quantitative estimate of drug-likeness (QED) is 0.509. The van der Waals surface area contributed by atoms with Crippen molar-refractivity contribution in [1.82, 2.24) is 0 Å². The van der Waals surface area contributed by atoms with E-state index in [9.17, 15) is 0 Å². The summed E-state index contributed by atoms with van der Waals surface area (Å²) in [5.74, 6) is 0.881. The first kappa shape index (κ1) is 10.8. The van der Waals surface area contributed by atoms with Crippen molar-refractivity contribution in [1.29, 1.82) is 0 Å². The summed E-state index contributed by atoms with van der Waals surface area (Å²) in [4.78, 5) is 0. The van der Waals surface area contributed by atoms with Crippen molar-refractivity contribution in [2.45, 2.75) is 6.92 Å². The molecule has 0 aliphatic rings. The van der Waals surface area contributed by atoms with Crippen LogP contribution in [0.2, 0.25) is 0 Å². The monoisotopic (exact) mass is 192 g/mol. The van der Waals surface area contributed by atoms with E-state index in [4.69, 9.17) is 9.47 Å². The first-order chi connectivity index (χ1) is 6.79. The van der Waals surface area contributed by atoms with Gasteiger partial charge < -0.3 is 9.47 Å². The molecule has 1 aromatic rings. The lowest BCUT2D eigenvalue weighted by molar-refractivity contribution is 0.117. The Morgan fingerprint density at radius 2 is 1.93 bits per heavy atom. The summed E-state index contributed by atoms with van der Waals surface area (Å²) >= 11 is 0. The fourth-order valence-electron chi connectivity index (χ4n) is 0.982. The second-order valence-corrected chi connectivity index (χ2v) is 3.17. The average Bonchev–Trinajstić information content (AvgIpc) is 2.18. The van der Waals surface area contributed by atoms with Crippen LogP contribution in [0, 0.1) is 0 Å². The summed E-state index contributed by atoms with van der Waals surface area (Å²) in [5, 5.41) is 0. The minimum atomic E-state index is 0.581. The van der Waals surface area contributed by atoms with Gasteiger partial charge in [-0.25, -0.2) is 0 Å². The molecule has 0 bridgehead atoms. The average molecular weight is 192 g/mol. The molecule has 0 heterocycles. The Morgan fingerprint density at radius 3 is 2.57 bits per heavy atom. The van der Waals surface area contributed by atoms with Crippen molar-refractivity contribution in [2.75, 3.05) is 19.8 Å². The maximum absolute atomic E-state index is 5.43. The molecule has 2 nitrogen and oxygen atoms in total. The largest absolute Gasteiger partial charge is 0.491 e. The van der Waals surface area contributed by atoms with E-state index in [1.807, 2.05) is 37.3 Å². The van der Waals surface area contributed by atoms with Crippen molar-refractivity contribution < 1.29 is 9.47 Å². The molecular formula is C12H16O2. The second kappa shape index (κ2) is 6.22. The summed E-state index contributed by atoms with van der Waals surface area (Å²) in [6, 6.07) is 9.72. The lowest BCUT2D eigenvalue weighted by Gasteiger charge is -2.06. The molecule has 0 unspecified atom stereocenters. The zero-order valence-electron chi connectivity index (χ0n) is 8.53. The fraction of sp³-hybridized carbons (Fsp3) is 0.333. The lowest BCUT2D eigenvalue weighted by atomic mass is 10.3. The minimum absolute atomic E-state index is 0.581. The third-order valence-corrected chi connectivity index (χ3v) is 1.59. The summed E-state index contributed by atoms with van der Waals surface area (Å²) in [7, 11) is 0. The number of rotatable bonds is 6. The molecule has 76 valence electrons. The number of hydrogen-bond acceptors (Lipinski definition) is 2. The van der Waals surface area contributed by atoms with Gasteiger partial charge in [0.05, 0.1) is 13.2 Å². The SMILES string of the molecule is C=C(C)COCCOc1ccccc1. The van der Waals surface area contributed by atoms with Crippen LogP contribution in [0.25, 0.3) is 0 Å². The Bertz CT molecular complexity index is 267. The third-order valence-electron chi connectivity index (χ3n) is 1.59. The zero-order chi connectivity index (χ0) is 10.2. The maximum atomic E-state index is 5.43. The molecule has 1 rings (SSSR count). The van der Waals surface area contributed by atoms with Gasteiger partial charge in [-0.15, -0.1) is 0 Å². The van der Waals surface area contributed by atoms with Gasteiger partial charge in [0, 0.05) is 0 Å². The van der Waals surface area contributed by atoms with Crippen LogP contribution in [0.15, 0.2) is 42.5 Å². The molecule has 14 heavy (non-hydrogen) atoms. The Balaban J connectivity index is 2.08. The predicted molar refractivity (Wildman–Crippen MR) is 57.6 cm³/mol. The standard InChI is InChI=1S/C12H16O2/c1-11(2)10-13-8-9-14-12-6-4-3-5-7-12/h3-7H,1,8-10H2,2H3. The van der Waals surface area contributed by atoms with E-state index in [1.54, 1.807) is 0 Å². The second-order valence-electron chi connectivity index (χ2n) is 3.17. The van der Waals surface area contributed by atoms with E-state index in [1.165, 1.54) is 0 Å². The van der Waals surface area contributed by atoms with Crippen LogP contribution in [-0.2, 0) is 4.74 Å². The molecule has 0 amide bonds. The van der Waals surface area contributed by atoms with Crippen molar-refractivity contribution >= 4 is 0 Å². The highest BCUT2D eigenvalue weighted by Crippen LogP contribution is 2.07. The molecule has 0 fully saturated rings. The fourth-order valence-corrected chi connectivity index (χ4v) is 0.982. The normalized spacial score (nSPS) is 9.79. The smallest absolute Gasteiger partial charge is 0.119 e. The maximum Gasteiger partial charge on any atom is 0.119 e. The van der Waals surface area contributed by atoms with E-state index < -0.39 is 0 Å². The Hall–Kier alpha value is -1.28. The number of hydrogen-bond donors (Lipinski definition) is 0. The van der Waals surface area contributed by atoms with Crippen molar-refractivity contribution in [2.24, 2.45) is 0 Å². The molecule has 0 radical (unpaired) electrons. The van der Waals surface area contributed by atoms with Crippen LogP contribution >= 0.6 is 0 Å². The Morgan fingerprint density at radius 1 is 1.21 bits per heavy atom. The first-order valence-electron chi connectivity index (χ1n) is 4.69. The first-order valence-corrected chi connectivity index (χ1v) is 4.69. The van der Waals surface area contributed by atoms with E-state index in [-0.39, 0.29) is 0 Å². The highest BCUT2D eigenvalue weighted by molar-refractivity contribution is 5.20. The highest BCUT2D eigenvalue weighted by Gasteiger charge is 1.91. The number of benzene rings is 1. The van der Waals surface area contributed by atoms with Gasteiger partial charge in [-0.2, -0.15) is 0 Å². The van der Waals surface area contributed by atoms with Crippen LogP contribution in [0.3, 0.4) is 0 Å². The molecule has 2 heteroatoms. The molecule has 1 aromatic carbocycles. The van der Waals surface area contributed by atoms with Crippen LogP contribution in [0.5, 0.6) is 5.75 Å². The summed E-state index contributed by atoms with van der Waals surface area (Å²) < 4.78 is 10.7. The van der Waals surface area contributed by atoms with Crippen molar-refractivity contribution in [3.05, 3.63) is 42.5 Å². The summed E-state index contributed by atoms with van der Waals surface area (Å²) in [6.07, 6.45) is 0. The molecule has 0 saturated heterocycles. The molecule has 0 saturated carbocycles. The van der Waals surface area contributed by atoms with E-state index in [0.29, 0.717) is 19.8 Å². The van der Waals surface area contributed by atoms with Gasteiger partial charge in [0.1, 0.15) is 12.4 Å². The molecular weight excluding hydrogens is 176 g/mol. The van der Waals surface area contributed by atoms with Crippen LogP contribution in [0.1, 0.15) is 6.92 Å². The number of para-hydroxylation sites is 1. The van der Waals surface area contributed by atoms with Crippen LogP contribution < -0.4 is 4.74 Å². The van der Waals surface area contributed by atoms with Crippen LogP contribution in [0.4, 0.5) is 0 Å². The van der Waals surface area contributed by atoms with Gasteiger partial charge in [0.15, 0.2) is 0 Å². The van der Waals surface area contributed by atoms with Gasteiger partial charge in [0.2, 0.25) is 0 Å². The van der Waals surface area contributed by atoms with Crippen LogP contribution in [-0.4, -0.2) is 19.8 Å². The molecule has 0 aliphatic carbocycles. The summed E-state index contributed by atoms with van der Waals surface area (Å²) in [6.45, 7) is 7.48. The lowest BCUT2D eigenvalue weighted by Crippen LogP contribution is -2.07. The van der Waals surface area contributed by atoms with Crippen molar-refractivity contribution in [3.8, 4) is 5.75 Å². The topological polar surface area (TPSA) is 18.5 Å². The Kier molecular flexibility index (Phi) is 4.79. The molecule has 0 atom stereocenters. The predicted octanol–water partition coefficient (Wildman–Crippen LogP) is 2.66. The molecule has 0 aliphatic heterocycles. The summed E-state index contributed by atoms with van der Waals surface area (Å²) in [5.41, 5.74) is 1.03. The van der Waals surface area contributed by atoms with Gasteiger partial charge in [0.25, 0.3) is 0 Å². The minimum Gasteiger partial charge on any atom is -0.491 e. The zero-order valence-corrected chi connectivity index (χ0v) is 8.53. The van der Waals surface area contributed by atoms with E-state index >= 15 is 0 Å². The third kappa shape index (κ3) is 4.67. The number of ether oxygens (including phenoxy) is 2. The van der Waals surface area contributed by atoms with Gasteiger partial charge >= 0.3 is 0 Å². The van der Waals surface area contributed by atoms with Crippen molar-refractivity contribution in [3.63, 3.8) is 0 Å². The Labute approximate surface area is 85.2 Å². The molecule has 0 aromatic heterocycles.